The van der Waals surface area contributed by atoms with E-state index in [9.17, 15) is 9.59 Å². The highest BCUT2D eigenvalue weighted by molar-refractivity contribution is 9.10. The maximum Gasteiger partial charge on any atom is 0.291 e. The molecule has 1 aromatic carbocycles. The molecular weight excluding hydrogens is 434 g/mol. The van der Waals surface area contributed by atoms with Crippen LogP contribution in [0.1, 0.15) is 74.9 Å². The zero-order valence-electron chi connectivity index (χ0n) is 17.0. The SMILES string of the molecule is CCCCCCCCC(=O)N/N=C(/C)c1ccc(NC(=O)c2ccc(Br)o2)cc1. The van der Waals surface area contributed by atoms with Crippen LogP contribution in [0.15, 0.2) is 50.6 Å². The second-order valence-electron chi connectivity index (χ2n) is 6.89. The van der Waals surface area contributed by atoms with Gasteiger partial charge in [0.15, 0.2) is 10.4 Å². The molecule has 0 aliphatic carbocycles. The number of halogens is 1. The average molecular weight is 462 g/mol. The van der Waals surface area contributed by atoms with E-state index in [1.807, 2.05) is 19.1 Å². The van der Waals surface area contributed by atoms with E-state index in [4.69, 9.17) is 4.42 Å². The lowest BCUT2D eigenvalue weighted by Crippen LogP contribution is -2.18. The summed E-state index contributed by atoms with van der Waals surface area (Å²) in [5, 5.41) is 6.94. The lowest BCUT2D eigenvalue weighted by atomic mass is 10.1. The number of nitrogens with one attached hydrogen (secondary N) is 2. The summed E-state index contributed by atoms with van der Waals surface area (Å²) in [5.74, 6) is -0.157. The number of carbonyl (C=O) groups excluding carboxylic acids is 2. The van der Waals surface area contributed by atoms with Gasteiger partial charge in [-0.3, -0.25) is 9.59 Å². The third kappa shape index (κ3) is 8.23. The van der Waals surface area contributed by atoms with Crippen molar-refractivity contribution in [1.29, 1.82) is 0 Å². The Morgan fingerprint density at radius 2 is 1.69 bits per heavy atom. The largest absolute Gasteiger partial charge is 0.444 e. The number of amides is 2. The summed E-state index contributed by atoms with van der Waals surface area (Å²) in [6.07, 6.45) is 7.39. The molecule has 156 valence electrons. The van der Waals surface area contributed by atoms with Crippen molar-refractivity contribution in [2.45, 2.75) is 58.8 Å². The predicted octanol–water partition coefficient (Wildman–Crippen LogP) is 5.89. The van der Waals surface area contributed by atoms with Gasteiger partial charge < -0.3 is 9.73 Å². The average Bonchev–Trinajstić information content (AvgIpc) is 3.16. The van der Waals surface area contributed by atoms with Crippen LogP contribution in [0.2, 0.25) is 0 Å². The van der Waals surface area contributed by atoms with Crippen LogP contribution < -0.4 is 10.7 Å². The Morgan fingerprint density at radius 1 is 1.00 bits per heavy atom. The molecule has 2 N–H and O–H groups in total. The van der Waals surface area contributed by atoms with Crippen LogP contribution in [0.3, 0.4) is 0 Å². The number of furan rings is 1. The van der Waals surface area contributed by atoms with E-state index in [1.54, 1.807) is 24.3 Å². The van der Waals surface area contributed by atoms with Gasteiger partial charge in [-0.05, 0) is 59.1 Å². The van der Waals surface area contributed by atoms with Crippen molar-refractivity contribution in [2.75, 3.05) is 5.32 Å². The minimum Gasteiger partial charge on any atom is -0.444 e. The summed E-state index contributed by atoms with van der Waals surface area (Å²) in [5.41, 5.74) is 4.83. The molecule has 0 spiro atoms. The van der Waals surface area contributed by atoms with Gasteiger partial charge in [0.05, 0.1) is 5.71 Å². The number of hydrogen-bond donors (Lipinski definition) is 2. The first-order valence-electron chi connectivity index (χ1n) is 10.00. The normalized spacial score (nSPS) is 11.3. The van der Waals surface area contributed by atoms with Crippen LogP contribution in [0.25, 0.3) is 0 Å². The van der Waals surface area contributed by atoms with E-state index >= 15 is 0 Å². The van der Waals surface area contributed by atoms with Gasteiger partial charge in [-0.2, -0.15) is 5.10 Å². The van der Waals surface area contributed by atoms with Crippen molar-refractivity contribution in [3.63, 3.8) is 0 Å². The summed E-state index contributed by atoms with van der Waals surface area (Å²) >= 11 is 3.17. The first-order chi connectivity index (χ1) is 14.0. The molecule has 0 atom stereocenters. The number of unbranched alkanes of at least 4 members (excludes halogenated alkanes) is 5. The van der Waals surface area contributed by atoms with Gasteiger partial charge in [-0.15, -0.1) is 0 Å². The molecule has 1 heterocycles. The van der Waals surface area contributed by atoms with E-state index in [1.165, 1.54) is 25.7 Å². The Balaban J connectivity index is 1.77. The number of hydrazone groups is 1. The van der Waals surface area contributed by atoms with Crippen molar-refractivity contribution < 1.29 is 14.0 Å². The molecule has 2 aromatic rings. The van der Waals surface area contributed by atoms with Gasteiger partial charge >= 0.3 is 0 Å². The Morgan fingerprint density at radius 3 is 2.34 bits per heavy atom. The number of benzene rings is 1. The van der Waals surface area contributed by atoms with E-state index in [2.05, 4.69) is 38.7 Å². The fraction of sp³-hybridized carbons (Fsp3) is 0.409. The summed E-state index contributed by atoms with van der Waals surface area (Å²) < 4.78 is 5.73. The molecule has 7 heteroatoms. The molecule has 0 saturated carbocycles. The first kappa shape index (κ1) is 22.9. The van der Waals surface area contributed by atoms with Gasteiger partial charge in [0.25, 0.3) is 5.91 Å². The van der Waals surface area contributed by atoms with Crippen LogP contribution in [0.5, 0.6) is 0 Å². The highest BCUT2D eigenvalue weighted by Gasteiger charge is 2.10. The third-order valence-corrected chi connectivity index (χ3v) is 4.89. The smallest absolute Gasteiger partial charge is 0.291 e. The van der Waals surface area contributed by atoms with E-state index in [-0.39, 0.29) is 17.6 Å². The highest BCUT2D eigenvalue weighted by atomic mass is 79.9. The van der Waals surface area contributed by atoms with Crippen molar-refractivity contribution in [2.24, 2.45) is 5.10 Å². The highest BCUT2D eigenvalue weighted by Crippen LogP contribution is 2.16. The molecule has 0 radical (unpaired) electrons. The molecule has 6 nitrogen and oxygen atoms in total. The monoisotopic (exact) mass is 461 g/mol. The minimum absolute atomic E-state index is 0.0617. The van der Waals surface area contributed by atoms with Gasteiger partial charge in [-0.25, -0.2) is 5.43 Å². The van der Waals surface area contributed by atoms with Crippen molar-refractivity contribution in [1.82, 2.24) is 5.43 Å². The van der Waals surface area contributed by atoms with Gasteiger partial charge in [0, 0.05) is 12.1 Å². The maximum atomic E-state index is 12.1. The van der Waals surface area contributed by atoms with E-state index in [0.29, 0.717) is 22.5 Å². The Bertz CT molecular complexity index is 828. The summed E-state index contributed by atoms with van der Waals surface area (Å²) in [6.45, 7) is 4.02. The number of anilines is 1. The summed E-state index contributed by atoms with van der Waals surface area (Å²) in [6, 6.07) is 10.5. The Kier molecular flexibility index (Phi) is 9.64. The molecule has 29 heavy (non-hydrogen) atoms. The fourth-order valence-electron chi connectivity index (χ4n) is 2.76. The molecule has 1 aromatic heterocycles. The van der Waals surface area contributed by atoms with Crippen LogP contribution >= 0.6 is 15.9 Å². The van der Waals surface area contributed by atoms with Gasteiger partial charge in [-0.1, -0.05) is 51.2 Å². The van der Waals surface area contributed by atoms with Crippen LogP contribution in [-0.4, -0.2) is 17.5 Å². The fourth-order valence-corrected chi connectivity index (χ4v) is 3.06. The Hall–Kier alpha value is -2.41. The summed E-state index contributed by atoms with van der Waals surface area (Å²) in [7, 11) is 0. The molecule has 0 saturated heterocycles. The second-order valence-corrected chi connectivity index (χ2v) is 7.67. The molecule has 2 rings (SSSR count). The van der Waals surface area contributed by atoms with Gasteiger partial charge in [0.2, 0.25) is 5.91 Å². The maximum absolute atomic E-state index is 12.1. The quantitative estimate of drug-likeness (QED) is 0.248. The van der Waals surface area contributed by atoms with Crippen LogP contribution in [0.4, 0.5) is 5.69 Å². The van der Waals surface area contributed by atoms with Crippen molar-refractivity contribution in [3.05, 3.63) is 52.4 Å². The molecule has 0 fully saturated rings. The van der Waals surface area contributed by atoms with Crippen LogP contribution in [-0.2, 0) is 4.79 Å². The molecule has 0 aliphatic rings. The number of nitrogens with zero attached hydrogens (tertiary/aromatic N) is 1. The molecule has 0 unspecified atom stereocenters. The Labute approximate surface area is 180 Å². The topological polar surface area (TPSA) is 83.7 Å². The van der Waals surface area contributed by atoms with Crippen LogP contribution in [0, 0.1) is 0 Å². The first-order valence-corrected chi connectivity index (χ1v) is 10.8. The molecule has 2 amide bonds. The van der Waals surface area contributed by atoms with E-state index < -0.39 is 0 Å². The molecule has 0 bridgehead atoms. The number of hydrogen-bond acceptors (Lipinski definition) is 4. The van der Waals surface area contributed by atoms with Gasteiger partial charge in [0.1, 0.15) is 0 Å². The van der Waals surface area contributed by atoms with Crippen molar-refractivity contribution >= 4 is 39.1 Å². The summed E-state index contributed by atoms with van der Waals surface area (Å²) in [4.78, 5) is 24.0. The zero-order valence-corrected chi connectivity index (χ0v) is 18.5. The lowest BCUT2D eigenvalue weighted by Gasteiger charge is -2.06. The third-order valence-electron chi connectivity index (χ3n) is 4.46. The second kappa shape index (κ2) is 12.2. The minimum atomic E-state index is -0.323. The zero-order chi connectivity index (χ0) is 21.1. The standard InChI is InChI=1S/C22H28BrN3O3/c1-3-4-5-6-7-8-9-21(27)26-25-16(2)17-10-12-18(13-11-17)24-22(28)19-14-15-20(23)29-19/h10-15H,3-9H2,1-2H3,(H,24,28)(H,26,27)/b25-16-. The molecular formula is C22H28BrN3O3. The predicted molar refractivity (Wildman–Crippen MR) is 119 cm³/mol. The van der Waals surface area contributed by atoms with Crippen molar-refractivity contribution in [3.8, 4) is 0 Å². The number of carbonyl (C=O) groups is 2. The van der Waals surface area contributed by atoms with E-state index in [0.717, 1.165) is 18.4 Å². The number of rotatable bonds is 11. The lowest BCUT2D eigenvalue weighted by molar-refractivity contribution is -0.121. The molecule has 0 aliphatic heterocycles.